The van der Waals surface area contributed by atoms with Crippen LogP contribution in [0.2, 0.25) is 19.6 Å². The number of nitrogens with zero attached hydrogens (tertiary/aromatic N) is 1. The molecule has 196 valence electrons. The standard InChI is InChI=1S/C28H40N2O5Si/c1-17(36(2,3)4)34-16-30(25(27(31)32)14-22-15-29-24-8-6-5-7-23(22)24)28(33)35-26-20-10-18-9-19(12-20)13-21(26)11-18/h5-8,15,17-21,25-26,29H,9-14,16H2,1-4H3,(H,31,32). The minimum atomic E-state index is -1.64. The molecular formula is C28H40N2O5Si. The summed E-state index contributed by atoms with van der Waals surface area (Å²) >= 11 is 0. The Balaban J connectivity index is 1.38. The van der Waals surface area contributed by atoms with Gasteiger partial charge in [-0.15, -0.1) is 0 Å². The van der Waals surface area contributed by atoms with Crippen LogP contribution in [0, 0.1) is 23.7 Å². The topological polar surface area (TPSA) is 91.9 Å². The molecule has 36 heavy (non-hydrogen) atoms. The molecule has 6 rings (SSSR count). The molecule has 1 heterocycles. The van der Waals surface area contributed by atoms with Crippen LogP contribution in [0.1, 0.15) is 44.6 Å². The second-order valence-corrected chi connectivity index (χ2v) is 18.0. The van der Waals surface area contributed by atoms with Crippen molar-refractivity contribution in [3.63, 3.8) is 0 Å². The van der Waals surface area contributed by atoms with E-state index in [2.05, 4.69) is 24.6 Å². The summed E-state index contributed by atoms with van der Waals surface area (Å²) in [7, 11) is -1.64. The summed E-state index contributed by atoms with van der Waals surface area (Å²) in [5.74, 6) is 1.31. The number of aliphatic carboxylic acids is 1. The highest BCUT2D eigenvalue weighted by Gasteiger charge is 2.50. The number of nitrogens with one attached hydrogen (secondary N) is 1. The third kappa shape index (κ3) is 5.07. The number of benzene rings is 1. The van der Waals surface area contributed by atoms with Crippen molar-refractivity contribution in [3.05, 3.63) is 36.0 Å². The van der Waals surface area contributed by atoms with Gasteiger partial charge in [-0.2, -0.15) is 0 Å². The van der Waals surface area contributed by atoms with Gasteiger partial charge in [0.2, 0.25) is 0 Å². The number of aromatic amines is 1. The molecule has 0 saturated heterocycles. The van der Waals surface area contributed by atoms with Crippen molar-refractivity contribution < 1.29 is 24.2 Å². The molecule has 4 bridgehead atoms. The molecule has 1 amide bonds. The van der Waals surface area contributed by atoms with Gasteiger partial charge < -0.3 is 19.6 Å². The van der Waals surface area contributed by atoms with E-state index in [1.807, 2.05) is 37.4 Å². The molecule has 4 aliphatic carbocycles. The van der Waals surface area contributed by atoms with Gasteiger partial charge >= 0.3 is 12.1 Å². The molecule has 4 aliphatic rings. The first-order chi connectivity index (χ1) is 17.1. The first-order valence-electron chi connectivity index (χ1n) is 13.5. The highest BCUT2D eigenvalue weighted by atomic mass is 28.3. The fraction of sp³-hybridized carbons (Fsp3) is 0.643. The number of para-hydroxylation sites is 1. The molecule has 2 aromatic rings. The summed E-state index contributed by atoms with van der Waals surface area (Å²) in [5.41, 5.74) is 1.78. The highest BCUT2D eigenvalue weighted by Crippen LogP contribution is 2.54. The predicted molar refractivity (Wildman–Crippen MR) is 141 cm³/mol. The summed E-state index contributed by atoms with van der Waals surface area (Å²) in [4.78, 5) is 30.8. The number of hydrogen-bond donors (Lipinski definition) is 2. The SMILES string of the molecule is CC(OCN(C(=O)OC1C2CC3CC(C2)CC1C3)C(Cc1c[nH]c2ccccc12)C(=O)O)[Si](C)(C)C. The smallest absolute Gasteiger partial charge is 0.412 e. The van der Waals surface area contributed by atoms with Gasteiger partial charge in [-0.1, -0.05) is 37.8 Å². The number of amides is 1. The predicted octanol–water partition coefficient (Wildman–Crippen LogP) is 5.67. The van der Waals surface area contributed by atoms with Crippen molar-refractivity contribution >= 4 is 31.0 Å². The van der Waals surface area contributed by atoms with Crippen LogP contribution in [0.25, 0.3) is 10.9 Å². The van der Waals surface area contributed by atoms with Crippen LogP contribution in [-0.4, -0.2) is 59.7 Å². The average molecular weight is 513 g/mol. The lowest BCUT2D eigenvalue weighted by Crippen LogP contribution is -2.54. The first kappa shape index (κ1) is 25.3. The van der Waals surface area contributed by atoms with Gasteiger partial charge in [-0.05, 0) is 74.3 Å². The Hall–Kier alpha value is -2.32. The van der Waals surface area contributed by atoms with E-state index in [1.54, 1.807) is 0 Å². The lowest BCUT2D eigenvalue weighted by atomic mass is 9.55. The zero-order valence-electron chi connectivity index (χ0n) is 21.9. The first-order valence-corrected chi connectivity index (χ1v) is 17.0. The van der Waals surface area contributed by atoms with Gasteiger partial charge in [0.15, 0.2) is 0 Å². The molecule has 8 heteroatoms. The molecule has 2 N–H and O–H groups in total. The number of carbonyl (C=O) groups excluding carboxylic acids is 1. The Bertz CT molecular complexity index is 1080. The van der Waals surface area contributed by atoms with Crippen molar-refractivity contribution in [1.82, 2.24) is 9.88 Å². The van der Waals surface area contributed by atoms with Crippen molar-refractivity contribution in [2.75, 3.05) is 6.73 Å². The van der Waals surface area contributed by atoms with Crippen LogP contribution in [0.5, 0.6) is 0 Å². The Morgan fingerprint density at radius 2 is 1.72 bits per heavy atom. The van der Waals surface area contributed by atoms with Gasteiger partial charge in [-0.3, -0.25) is 4.90 Å². The van der Waals surface area contributed by atoms with Gasteiger partial charge in [0.1, 0.15) is 18.9 Å². The third-order valence-corrected chi connectivity index (χ3v) is 11.7. The molecule has 0 aliphatic heterocycles. The Labute approximate surface area is 214 Å². The maximum absolute atomic E-state index is 13.7. The number of ether oxygens (including phenoxy) is 2. The van der Waals surface area contributed by atoms with E-state index in [4.69, 9.17) is 9.47 Å². The van der Waals surface area contributed by atoms with Gasteiger partial charge in [0, 0.05) is 29.2 Å². The molecule has 2 unspecified atom stereocenters. The molecular weight excluding hydrogens is 472 g/mol. The van der Waals surface area contributed by atoms with Crippen molar-refractivity contribution in [2.24, 2.45) is 23.7 Å². The number of aromatic nitrogens is 1. The summed E-state index contributed by atoms with van der Waals surface area (Å²) in [6.45, 7) is 8.54. The number of H-pyrrole nitrogens is 1. The zero-order valence-corrected chi connectivity index (χ0v) is 22.9. The molecule has 1 aromatic carbocycles. The summed E-state index contributed by atoms with van der Waals surface area (Å²) in [6, 6.07) is 6.74. The van der Waals surface area contributed by atoms with Crippen molar-refractivity contribution in [1.29, 1.82) is 0 Å². The highest BCUT2D eigenvalue weighted by molar-refractivity contribution is 6.77. The maximum Gasteiger partial charge on any atom is 0.412 e. The van der Waals surface area contributed by atoms with E-state index in [0.717, 1.165) is 54.0 Å². The van der Waals surface area contributed by atoms with Gasteiger partial charge in [0.05, 0.1) is 8.07 Å². The van der Waals surface area contributed by atoms with E-state index in [-0.39, 0.29) is 25.0 Å². The lowest BCUT2D eigenvalue weighted by molar-refractivity contribution is -0.147. The number of carboxylic acid groups (broad SMARTS) is 1. The maximum atomic E-state index is 13.7. The summed E-state index contributed by atoms with van der Waals surface area (Å²) < 4.78 is 12.3. The molecule has 0 radical (unpaired) electrons. The molecule has 7 nitrogen and oxygen atoms in total. The van der Waals surface area contributed by atoms with Crippen LogP contribution < -0.4 is 0 Å². The van der Waals surface area contributed by atoms with E-state index in [9.17, 15) is 14.7 Å². The molecule has 0 spiro atoms. The van der Waals surface area contributed by atoms with Crippen LogP contribution in [0.15, 0.2) is 30.5 Å². The third-order valence-electron chi connectivity index (χ3n) is 9.04. The van der Waals surface area contributed by atoms with Crippen LogP contribution >= 0.6 is 0 Å². The fourth-order valence-corrected chi connectivity index (χ4v) is 7.38. The second-order valence-electron chi connectivity index (χ2n) is 12.5. The Kier molecular flexibility index (Phi) is 6.94. The molecule has 4 fully saturated rings. The van der Waals surface area contributed by atoms with Gasteiger partial charge in [-0.25, -0.2) is 9.59 Å². The molecule has 4 saturated carbocycles. The van der Waals surface area contributed by atoms with Crippen LogP contribution in [-0.2, 0) is 20.7 Å². The molecule has 2 atom stereocenters. The largest absolute Gasteiger partial charge is 0.480 e. The average Bonchev–Trinajstić information content (AvgIpc) is 3.22. The van der Waals surface area contributed by atoms with Crippen molar-refractivity contribution in [3.8, 4) is 0 Å². The van der Waals surface area contributed by atoms with Crippen molar-refractivity contribution in [2.45, 2.75) is 83.0 Å². The van der Waals surface area contributed by atoms with Crippen LogP contribution in [0.3, 0.4) is 0 Å². The number of carboxylic acids is 1. The van der Waals surface area contributed by atoms with Crippen LogP contribution in [0.4, 0.5) is 4.79 Å². The lowest BCUT2D eigenvalue weighted by Gasteiger charge is -2.53. The summed E-state index contributed by atoms with van der Waals surface area (Å²) in [5, 5.41) is 11.3. The van der Waals surface area contributed by atoms with Gasteiger partial charge in [0.25, 0.3) is 0 Å². The Morgan fingerprint density at radius 3 is 2.33 bits per heavy atom. The van der Waals surface area contributed by atoms with E-state index in [0.29, 0.717) is 11.8 Å². The Morgan fingerprint density at radius 1 is 1.08 bits per heavy atom. The van der Waals surface area contributed by atoms with E-state index in [1.165, 1.54) is 11.3 Å². The number of hydrogen-bond acceptors (Lipinski definition) is 4. The van der Waals surface area contributed by atoms with E-state index >= 15 is 0 Å². The quantitative estimate of drug-likeness (QED) is 0.334. The molecule has 1 aromatic heterocycles. The zero-order chi connectivity index (χ0) is 25.6. The number of fused-ring (bicyclic) bond motifs is 1. The number of carbonyl (C=O) groups is 2. The second kappa shape index (κ2) is 9.86. The summed E-state index contributed by atoms with van der Waals surface area (Å²) in [6.07, 6.45) is 7.21. The normalized spacial score (nSPS) is 28.7. The number of rotatable bonds is 9. The fourth-order valence-electron chi connectivity index (χ4n) is 6.80. The monoisotopic (exact) mass is 512 g/mol. The minimum Gasteiger partial charge on any atom is -0.480 e. The minimum absolute atomic E-state index is 0.0310. The van der Waals surface area contributed by atoms with E-state index < -0.39 is 26.2 Å².